The summed E-state index contributed by atoms with van der Waals surface area (Å²) in [5.41, 5.74) is -0.429. The van der Waals surface area contributed by atoms with Gasteiger partial charge >= 0.3 is 0 Å². The Morgan fingerprint density at radius 2 is 2.12 bits per heavy atom. The predicted octanol–water partition coefficient (Wildman–Crippen LogP) is 1.53. The maximum Gasteiger partial charge on any atom is 0.282 e. The van der Waals surface area contributed by atoms with E-state index in [4.69, 9.17) is 16.7 Å². The Balaban J connectivity index is 2.94. The van der Waals surface area contributed by atoms with Crippen molar-refractivity contribution in [1.82, 2.24) is 14.7 Å². The van der Waals surface area contributed by atoms with E-state index in [1.807, 2.05) is 19.0 Å². The van der Waals surface area contributed by atoms with Crippen molar-refractivity contribution in [3.8, 4) is 0 Å². The van der Waals surface area contributed by atoms with Crippen molar-refractivity contribution in [2.24, 2.45) is 0 Å². The van der Waals surface area contributed by atoms with E-state index in [0.717, 1.165) is 0 Å². The van der Waals surface area contributed by atoms with Gasteiger partial charge in [-0.1, -0.05) is 11.6 Å². The third-order valence-electron chi connectivity index (χ3n) is 2.14. The molecule has 0 aliphatic rings. The van der Waals surface area contributed by atoms with Gasteiger partial charge in [0.05, 0.1) is 13.2 Å². The van der Waals surface area contributed by atoms with Gasteiger partial charge in [-0.05, 0) is 14.1 Å². The van der Waals surface area contributed by atoms with Gasteiger partial charge in [0.15, 0.2) is 0 Å². The summed E-state index contributed by atoms with van der Waals surface area (Å²) < 4.78 is 26.4. The normalized spacial score (nSPS) is 11.8. The molecular formula is C9H14ClF2N3O. The van der Waals surface area contributed by atoms with Crippen molar-refractivity contribution in [3.63, 3.8) is 0 Å². The summed E-state index contributed by atoms with van der Waals surface area (Å²) in [6, 6.07) is 0. The van der Waals surface area contributed by atoms with Crippen LogP contribution in [-0.2, 0) is 13.2 Å². The van der Waals surface area contributed by atoms with Crippen molar-refractivity contribution < 1.29 is 13.9 Å². The molecule has 0 saturated heterocycles. The van der Waals surface area contributed by atoms with Crippen LogP contribution in [0.1, 0.15) is 17.7 Å². The smallest absolute Gasteiger partial charge is 0.282 e. The van der Waals surface area contributed by atoms with Gasteiger partial charge in [-0.25, -0.2) is 8.78 Å². The number of aliphatic hydroxyl groups excluding tert-OH is 1. The van der Waals surface area contributed by atoms with Crippen molar-refractivity contribution in [3.05, 3.63) is 16.4 Å². The number of likely N-dealkylation sites (N-methyl/N-ethyl adjacent to an activating group) is 1. The van der Waals surface area contributed by atoms with Crippen LogP contribution >= 0.6 is 11.6 Å². The van der Waals surface area contributed by atoms with Crippen LogP contribution in [0.4, 0.5) is 8.78 Å². The Hall–Kier alpha value is -0.720. The highest BCUT2D eigenvalue weighted by atomic mass is 35.5. The number of aromatic nitrogens is 2. The third-order valence-corrected chi connectivity index (χ3v) is 2.56. The molecule has 0 fully saturated rings. The fraction of sp³-hybridized carbons (Fsp3) is 0.667. The van der Waals surface area contributed by atoms with Crippen LogP contribution in [0.3, 0.4) is 0 Å². The Bertz CT molecular complexity index is 355. The maximum atomic E-state index is 12.6. The summed E-state index contributed by atoms with van der Waals surface area (Å²) in [4.78, 5) is 1.89. The van der Waals surface area contributed by atoms with Gasteiger partial charge in [-0.3, -0.25) is 4.68 Å². The largest absolute Gasteiger partial charge is 0.391 e. The van der Waals surface area contributed by atoms with Crippen LogP contribution in [0.5, 0.6) is 0 Å². The molecule has 0 aliphatic heterocycles. The Labute approximate surface area is 97.4 Å². The number of rotatable bonds is 5. The van der Waals surface area contributed by atoms with E-state index >= 15 is 0 Å². The van der Waals surface area contributed by atoms with E-state index in [0.29, 0.717) is 13.1 Å². The second-order valence-electron chi connectivity index (χ2n) is 3.64. The molecule has 0 atom stereocenters. The van der Waals surface area contributed by atoms with Crippen molar-refractivity contribution in [2.75, 3.05) is 20.6 Å². The number of hydrogen-bond donors (Lipinski definition) is 1. The predicted molar refractivity (Wildman–Crippen MR) is 56.7 cm³/mol. The molecule has 0 unspecified atom stereocenters. The number of alkyl halides is 2. The summed E-state index contributed by atoms with van der Waals surface area (Å²) in [5, 5.41) is 12.7. The molecular weight excluding hydrogens is 240 g/mol. The van der Waals surface area contributed by atoms with E-state index in [1.165, 1.54) is 4.68 Å². The van der Waals surface area contributed by atoms with Crippen molar-refractivity contribution in [2.45, 2.75) is 19.6 Å². The van der Waals surface area contributed by atoms with Crippen LogP contribution in [0.2, 0.25) is 5.15 Å². The molecule has 7 heteroatoms. The lowest BCUT2D eigenvalue weighted by molar-refractivity contribution is 0.141. The third kappa shape index (κ3) is 2.90. The topological polar surface area (TPSA) is 41.3 Å². The van der Waals surface area contributed by atoms with E-state index in [-0.39, 0.29) is 10.7 Å². The summed E-state index contributed by atoms with van der Waals surface area (Å²) in [6.07, 6.45) is -2.72. The molecule has 1 heterocycles. The van der Waals surface area contributed by atoms with Gasteiger partial charge in [-0.15, -0.1) is 0 Å². The Morgan fingerprint density at radius 1 is 1.50 bits per heavy atom. The van der Waals surface area contributed by atoms with Gasteiger partial charge in [0.25, 0.3) is 6.43 Å². The summed E-state index contributed by atoms with van der Waals surface area (Å²) >= 11 is 5.85. The molecule has 0 aromatic carbocycles. The van der Waals surface area contributed by atoms with Crippen LogP contribution < -0.4 is 0 Å². The standard InChI is InChI=1S/C9H14ClF2N3O/c1-14(2)3-4-15-8(10)6(5-16)7(13-15)9(11)12/h9,16H,3-5H2,1-2H3. The minimum atomic E-state index is -2.72. The second-order valence-corrected chi connectivity index (χ2v) is 4.00. The van der Waals surface area contributed by atoms with Gasteiger partial charge < -0.3 is 10.0 Å². The van der Waals surface area contributed by atoms with E-state index in [1.54, 1.807) is 0 Å². The first-order valence-electron chi connectivity index (χ1n) is 4.76. The zero-order chi connectivity index (χ0) is 12.3. The number of hydrogen-bond acceptors (Lipinski definition) is 3. The quantitative estimate of drug-likeness (QED) is 0.865. The monoisotopic (exact) mass is 253 g/mol. The molecule has 0 amide bonds. The average molecular weight is 254 g/mol. The van der Waals surface area contributed by atoms with Gasteiger partial charge in [0.1, 0.15) is 10.8 Å². The zero-order valence-electron chi connectivity index (χ0n) is 9.12. The molecule has 0 bridgehead atoms. The van der Waals surface area contributed by atoms with Crippen molar-refractivity contribution >= 4 is 11.6 Å². The molecule has 16 heavy (non-hydrogen) atoms. The Kier molecular flexibility index (Phi) is 4.64. The minimum absolute atomic E-state index is 0.00965. The van der Waals surface area contributed by atoms with Crippen LogP contribution in [0.15, 0.2) is 0 Å². The second kappa shape index (κ2) is 5.56. The zero-order valence-corrected chi connectivity index (χ0v) is 9.88. The molecule has 0 spiro atoms. The first-order valence-corrected chi connectivity index (χ1v) is 5.14. The first kappa shape index (κ1) is 13.3. The van der Waals surface area contributed by atoms with Crippen LogP contribution in [0, 0.1) is 0 Å². The fourth-order valence-corrected chi connectivity index (χ4v) is 1.54. The molecule has 92 valence electrons. The molecule has 0 radical (unpaired) electrons. The average Bonchev–Trinajstić information content (AvgIpc) is 2.52. The van der Waals surface area contributed by atoms with E-state index < -0.39 is 18.7 Å². The maximum absolute atomic E-state index is 12.6. The van der Waals surface area contributed by atoms with E-state index in [2.05, 4.69) is 5.10 Å². The molecule has 0 aliphatic carbocycles. The lowest BCUT2D eigenvalue weighted by Crippen LogP contribution is -2.19. The van der Waals surface area contributed by atoms with Crippen LogP contribution in [0.25, 0.3) is 0 Å². The highest BCUT2D eigenvalue weighted by molar-refractivity contribution is 6.30. The van der Waals surface area contributed by atoms with E-state index in [9.17, 15) is 8.78 Å². The number of nitrogens with zero attached hydrogens (tertiary/aromatic N) is 3. The molecule has 4 nitrogen and oxygen atoms in total. The van der Waals surface area contributed by atoms with Crippen LogP contribution in [-0.4, -0.2) is 40.4 Å². The highest BCUT2D eigenvalue weighted by Gasteiger charge is 2.22. The summed E-state index contributed by atoms with van der Waals surface area (Å²) in [6.45, 7) is 0.515. The summed E-state index contributed by atoms with van der Waals surface area (Å²) in [7, 11) is 3.72. The lowest BCUT2D eigenvalue weighted by Gasteiger charge is -2.09. The van der Waals surface area contributed by atoms with Gasteiger partial charge in [0.2, 0.25) is 0 Å². The Morgan fingerprint density at radius 3 is 2.50 bits per heavy atom. The molecule has 1 aromatic rings. The first-order chi connectivity index (χ1) is 7.47. The SMILES string of the molecule is CN(C)CCn1nc(C(F)F)c(CO)c1Cl. The number of halogens is 3. The molecule has 1 N–H and O–H groups in total. The summed E-state index contributed by atoms with van der Waals surface area (Å²) in [5.74, 6) is 0. The fourth-order valence-electron chi connectivity index (χ4n) is 1.26. The minimum Gasteiger partial charge on any atom is -0.391 e. The highest BCUT2D eigenvalue weighted by Crippen LogP contribution is 2.27. The number of aliphatic hydroxyl groups is 1. The lowest BCUT2D eigenvalue weighted by atomic mass is 10.3. The molecule has 0 saturated carbocycles. The van der Waals surface area contributed by atoms with Crippen molar-refractivity contribution in [1.29, 1.82) is 0 Å². The van der Waals surface area contributed by atoms with Gasteiger partial charge in [-0.2, -0.15) is 5.10 Å². The van der Waals surface area contributed by atoms with Gasteiger partial charge in [0, 0.05) is 12.1 Å². The molecule has 1 aromatic heterocycles. The molecule has 1 rings (SSSR count).